The highest BCUT2D eigenvalue weighted by Gasteiger charge is 2.17. The molecule has 0 aliphatic rings. The third kappa shape index (κ3) is 4.66. The lowest BCUT2D eigenvalue weighted by molar-refractivity contribution is -0.121. The Labute approximate surface area is 171 Å². The van der Waals surface area contributed by atoms with E-state index in [1.54, 1.807) is 10.8 Å². The van der Waals surface area contributed by atoms with E-state index < -0.39 is 5.91 Å². The Kier molecular flexibility index (Phi) is 6.34. The van der Waals surface area contributed by atoms with Crippen molar-refractivity contribution in [3.8, 4) is 0 Å². The van der Waals surface area contributed by atoms with Crippen molar-refractivity contribution in [1.29, 1.82) is 0 Å². The quantitative estimate of drug-likeness (QED) is 0.619. The summed E-state index contributed by atoms with van der Waals surface area (Å²) in [7, 11) is 4.01. The highest BCUT2D eigenvalue weighted by Crippen LogP contribution is 2.21. The van der Waals surface area contributed by atoms with Crippen LogP contribution in [0.5, 0.6) is 0 Å². The maximum absolute atomic E-state index is 12.6. The van der Waals surface area contributed by atoms with Crippen LogP contribution in [0.1, 0.15) is 34.5 Å². The zero-order valence-corrected chi connectivity index (χ0v) is 17.2. The molecule has 0 aliphatic heterocycles. The molecule has 0 aliphatic carbocycles. The van der Waals surface area contributed by atoms with Crippen molar-refractivity contribution in [3.05, 3.63) is 71.4 Å². The molecule has 0 saturated carbocycles. The van der Waals surface area contributed by atoms with Gasteiger partial charge in [-0.15, -0.1) is 0 Å². The third-order valence-electron chi connectivity index (χ3n) is 5.26. The average molecular weight is 393 g/mol. The maximum atomic E-state index is 12.6. The molecular weight excluding hydrogens is 364 g/mol. The standard InChI is InChI=1S/C23H28N4O2/c1-4-16-9-11-17(12-10-16)21(26(2)3)13-25-22(28)15-27-14-19(23(24)29)18-7-5-6-8-20(18)27/h5-12,14,21H,4,13,15H2,1-3H3,(H2,24,29)(H,25,28)/t21-/m0/s1. The van der Waals surface area contributed by atoms with Gasteiger partial charge in [-0.25, -0.2) is 0 Å². The van der Waals surface area contributed by atoms with E-state index in [2.05, 4.69) is 41.4 Å². The van der Waals surface area contributed by atoms with Crippen LogP contribution in [0.25, 0.3) is 10.9 Å². The number of aromatic nitrogens is 1. The van der Waals surface area contributed by atoms with Gasteiger partial charge in [-0.3, -0.25) is 9.59 Å². The van der Waals surface area contributed by atoms with Crippen LogP contribution in [0, 0.1) is 0 Å². The van der Waals surface area contributed by atoms with Crippen LogP contribution in [0.4, 0.5) is 0 Å². The molecule has 2 amide bonds. The number of fused-ring (bicyclic) bond motifs is 1. The third-order valence-corrected chi connectivity index (χ3v) is 5.26. The lowest BCUT2D eigenvalue weighted by Crippen LogP contribution is -2.36. The van der Waals surface area contributed by atoms with Gasteiger partial charge in [0.1, 0.15) is 6.54 Å². The number of hydrogen-bond donors (Lipinski definition) is 2. The molecule has 1 atom stereocenters. The topological polar surface area (TPSA) is 80.4 Å². The smallest absolute Gasteiger partial charge is 0.250 e. The Bertz CT molecular complexity index is 1010. The van der Waals surface area contributed by atoms with Crippen molar-refractivity contribution in [1.82, 2.24) is 14.8 Å². The fourth-order valence-corrected chi connectivity index (χ4v) is 3.57. The first-order chi connectivity index (χ1) is 13.9. The van der Waals surface area contributed by atoms with E-state index in [-0.39, 0.29) is 18.5 Å². The van der Waals surface area contributed by atoms with E-state index in [9.17, 15) is 9.59 Å². The minimum Gasteiger partial charge on any atom is -0.366 e. The van der Waals surface area contributed by atoms with Gasteiger partial charge in [0.25, 0.3) is 5.91 Å². The van der Waals surface area contributed by atoms with Gasteiger partial charge in [0, 0.05) is 23.6 Å². The summed E-state index contributed by atoms with van der Waals surface area (Å²) in [6, 6.07) is 16.0. The van der Waals surface area contributed by atoms with E-state index in [1.807, 2.05) is 38.4 Å². The number of likely N-dealkylation sites (N-methyl/N-ethyl adjacent to an activating group) is 1. The van der Waals surface area contributed by atoms with Crippen LogP contribution in [0.15, 0.2) is 54.7 Å². The van der Waals surface area contributed by atoms with Gasteiger partial charge in [0.15, 0.2) is 0 Å². The number of aryl methyl sites for hydroxylation is 1. The number of nitrogens with zero attached hydrogens (tertiary/aromatic N) is 2. The van der Waals surface area contributed by atoms with Crippen molar-refractivity contribution < 1.29 is 9.59 Å². The summed E-state index contributed by atoms with van der Waals surface area (Å²) in [5, 5.41) is 3.78. The fourth-order valence-electron chi connectivity index (χ4n) is 3.57. The Balaban J connectivity index is 1.71. The van der Waals surface area contributed by atoms with E-state index in [0.29, 0.717) is 12.1 Å². The average Bonchev–Trinajstić information content (AvgIpc) is 3.07. The van der Waals surface area contributed by atoms with Gasteiger partial charge in [0.05, 0.1) is 11.6 Å². The number of amides is 2. The Morgan fingerprint density at radius 2 is 1.79 bits per heavy atom. The van der Waals surface area contributed by atoms with Crippen LogP contribution in [-0.4, -0.2) is 41.9 Å². The predicted octanol–water partition coefficient (Wildman–Crippen LogP) is 2.72. The van der Waals surface area contributed by atoms with E-state index in [1.165, 1.54) is 5.56 Å². The minimum atomic E-state index is -0.497. The molecular formula is C23H28N4O2. The van der Waals surface area contributed by atoms with Gasteiger partial charge in [-0.05, 0) is 37.7 Å². The predicted molar refractivity (Wildman–Crippen MR) is 116 cm³/mol. The van der Waals surface area contributed by atoms with Crippen LogP contribution >= 0.6 is 0 Å². The van der Waals surface area contributed by atoms with Crippen molar-refractivity contribution in [2.45, 2.75) is 25.9 Å². The summed E-state index contributed by atoms with van der Waals surface area (Å²) < 4.78 is 1.77. The van der Waals surface area contributed by atoms with Crippen molar-refractivity contribution in [2.24, 2.45) is 5.73 Å². The molecule has 152 valence electrons. The van der Waals surface area contributed by atoms with Crippen LogP contribution in [0.3, 0.4) is 0 Å². The van der Waals surface area contributed by atoms with Crippen molar-refractivity contribution >= 4 is 22.7 Å². The fraction of sp³-hybridized carbons (Fsp3) is 0.304. The summed E-state index contributed by atoms with van der Waals surface area (Å²) in [4.78, 5) is 26.4. The molecule has 0 bridgehead atoms. The number of primary amides is 1. The van der Waals surface area contributed by atoms with Crippen LogP contribution < -0.4 is 11.1 Å². The molecule has 29 heavy (non-hydrogen) atoms. The van der Waals surface area contributed by atoms with Gasteiger partial charge < -0.3 is 20.5 Å². The summed E-state index contributed by atoms with van der Waals surface area (Å²) in [6.07, 6.45) is 2.65. The second-order valence-corrected chi connectivity index (χ2v) is 7.43. The lowest BCUT2D eigenvalue weighted by atomic mass is 10.0. The summed E-state index contributed by atoms with van der Waals surface area (Å²) in [5.41, 5.74) is 9.18. The number of nitrogens with one attached hydrogen (secondary N) is 1. The van der Waals surface area contributed by atoms with E-state index in [0.717, 1.165) is 22.9 Å². The monoisotopic (exact) mass is 392 g/mol. The molecule has 0 unspecified atom stereocenters. The molecule has 3 rings (SSSR count). The first-order valence-corrected chi connectivity index (χ1v) is 9.80. The maximum Gasteiger partial charge on any atom is 0.250 e. The second kappa shape index (κ2) is 8.92. The number of carbonyl (C=O) groups is 2. The molecule has 0 radical (unpaired) electrons. The number of carbonyl (C=O) groups excluding carboxylic acids is 2. The highest BCUT2D eigenvalue weighted by molar-refractivity contribution is 6.06. The largest absolute Gasteiger partial charge is 0.366 e. The molecule has 3 aromatic rings. The molecule has 0 saturated heterocycles. The van der Waals surface area contributed by atoms with E-state index >= 15 is 0 Å². The van der Waals surface area contributed by atoms with Crippen LogP contribution in [-0.2, 0) is 17.8 Å². The molecule has 3 N–H and O–H groups in total. The highest BCUT2D eigenvalue weighted by atomic mass is 16.2. The molecule has 0 fully saturated rings. The van der Waals surface area contributed by atoms with Crippen molar-refractivity contribution in [2.75, 3.05) is 20.6 Å². The number of benzene rings is 2. The zero-order valence-electron chi connectivity index (χ0n) is 17.2. The van der Waals surface area contributed by atoms with Gasteiger partial charge in [-0.1, -0.05) is 49.4 Å². The lowest BCUT2D eigenvalue weighted by Gasteiger charge is -2.25. The molecule has 1 heterocycles. The Hall–Kier alpha value is -3.12. The number of nitrogens with two attached hydrogens (primary N) is 1. The van der Waals surface area contributed by atoms with Gasteiger partial charge in [-0.2, -0.15) is 0 Å². The van der Waals surface area contributed by atoms with Crippen LogP contribution in [0.2, 0.25) is 0 Å². The number of hydrogen-bond acceptors (Lipinski definition) is 3. The Morgan fingerprint density at radius 1 is 1.10 bits per heavy atom. The minimum absolute atomic E-state index is 0.0763. The Morgan fingerprint density at radius 3 is 2.41 bits per heavy atom. The van der Waals surface area contributed by atoms with Gasteiger partial charge in [0.2, 0.25) is 5.91 Å². The zero-order chi connectivity index (χ0) is 21.0. The van der Waals surface area contributed by atoms with E-state index in [4.69, 9.17) is 5.73 Å². The van der Waals surface area contributed by atoms with Crippen molar-refractivity contribution in [3.63, 3.8) is 0 Å². The first kappa shape index (κ1) is 20.6. The van der Waals surface area contributed by atoms with Gasteiger partial charge >= 0.3 is 0 Å². The molecule has 0 spiro atoms. The molecule has 1 aromatic heterocycles. The molecule has 6 nitrogen and oxygen atoms in total. The first-order valence-electron chi connectivity index (χ1n) is 9.80. The molecule has 2 aromatic carbocycles. The number of rotatable bonds is 8. The number of para-hydroxylation sites is 1. The SMILES string of the molecule is CCc1ccc([C@H](CNC(=O)Cn2cc(C(N)=O)c3ccccc32)N(C)C)cc1. The molecule has 6 heteroatoms. The summed E-state index contributed by atoms with van der Waals surface area (Å²) >= 11 is 0. The summed E-state index contributed by atoms with van der Waals surface area (Å²) in [6.45, 7) is 2.76. The normalized spacial score (nSPS) is 12.3. The summed E-state index contributed by atoms with van der Waals surface area (Å²) in [5.74, 6) is -0.609. The second-order valence-electron chi connectivity index (χ2n) is 7.43.